The SMILES string of the molecule is CC(C)(C)N(CC1CCCN1c1ccncc1N)C(=O)O. The van der Waals surface area contributed by atoms with Gasteiger partial charge in [-0.15, -0.1) is 0 Å². The second-order valence-corrected chi connectivity index (χ2v) is 6.49. The molecule has 1 atom stereocenters. The summed E-state index contributed by atoms with van der Waals surface area (Å²) < 4.78 is 0. The Morgan fingerprint density at radius 2 is 2.29 bits per heavy atom. The molecule has 0 aromatic carbocycles. The molecule has 0 saturated carbocycles. The van der Waals surface area contributed by atoms with E-state index in [-0.39, 0.29) is 6.04 Å². The molecule has 3 N–H and O–H groups in total. The fourth-order valence-corrected chi connectivity index (χ4v) is 2.85. The Balaban J connectivity index is 2.19. The van der Waals surface area contributed by atoms with Crippen LogP contribution in [0.15, 0.2) is 18.5 Å². The van der Waals surface area contributed by atoms with Gasteiger partial charge in [0.1, 0.15) is 0 Å². The number of pyridine rings is 1. The monoisotopic (exact) mass is 292 g/mol. The first-order valence-electron chi connectivity index (χ1n) is 7.27. The number of nitrogens with zero attached hydrogens (tertiary/aromatic N) is 3. The predicted octanol–water partition coefficient (Wildman–Crippen LogP) is 2.41. The van der Waals surface area contributed by atoms with Gasteiger partial charge in [-0.2, -0.15) is 0 Å². The molecule has 2 heterocycles. The maximum Gasteiger partial charge on any atom is 0.407 e. The molecule has 116 valence electrons. The highest BCUT2D eigenvalue weighted by atomic mass is 16.4. The summed E-state index contributed by atoms with van der Waals surface area (Å²) in [5.74, 6) is 0. The van der Waals surface area contributed by atoms with Crippen LogP contribution in [0.3, 0.4) is 0 Å². The van der Waals surface area contributed by atoms with Crippen LogP contribution in [0.5, 0.6) is 0 Å². The summed E-state index contributed by atoms with van der Waals surface area (Å²) in [6, 6.07) is 2.06. The molecule has 0 bridgehead atoms. The molecule has 21 heavy (non-hydrogen) atoms. The van der Waals surface area contributed by atoms with E-state index in [0.29, 0.717) is 12.2 Å². The van der Waals surface area contributed by atoms with Gasteiger partial charge in [0.25, 0.3) is 0 Å². The van der Waals surface area contributed by atoms with Crippen molar-refractivity contribution in [3.8, 4) is 0 Å². The summed E-state index contributed by atoms with van der Waals surface area (Å²) >= 11 is 0. The third kappa shape index (κ3) is 3.37. The minimum Gasteiger partial charge on any atom is -0.465 e. The van der Waals surface area contributed by atoms with Gasteiger partial charge in [-0.1, -0.05) is 0 Å². The van der Waals surface area contributed by atoms with Gasteiger partial charge in [-0.3, -0.25) is 4.98 Å². The third-order valence-corrected chi connectivity index (χ3v) is 3.95. The molecular formula is C15H24N4O2. The second-order valence-electron chi connectivity index (χ2n) is 6.49. The zero-order valence-electron chi connectivity index (χ0n) is 12.9. The molecule has 6 heteroatoms. The molecule has 2 rings (SSSR count). The standard InChI is InChI=1S/C15H24N4O2/c1-15(2,3)19(14(20)21)10-11-5-4-8-18(11)13-6-7-17-9-12(13)16/h6-7,9,11H,4-5,8,10,16H2,1-3H3,(H,20,21). The molecule has 0 spiro atoms. The third-order valence-electron chi connectivity index (χ3n) is 3.95. The lowest BCUT2D eigenvalue weighted by Gasteiger charge is -2.38. The number of hydrogen-bond acceptors (Lipinski definition) is 4. The van der Waals surface area contributed by atoms with Crippen LogP contribution in [-0.2, 0) is 0 Å². The Hall–Kier alpha value is -1.98. The molecule has 0 aliphatic carbocycles. The smallest absolute Gasteiger partial charge is 0.407 e. The summed E-state index contributed by atoms with van der Waals surface area (Å²) in [6.07, 6.45) is 4.51. The number of rotatable bonds is 3. The minimum atomic E-state index is -0.878. The molecule has 1 fully saturated rings. The summed E-state index contributed by atoms with van der Waals surface area (Å²) in [7, 11) is 0. The van der Waals surface area contributed by atoms with Crippen LogP contribution < -0.4 is 10.6 Å². The Labute approximate surface area is 125 Å². The number of carboxylic acid groups (broad SMARTS) is 1. The van der Waals surface area contributed by atoms with E-state index in [0.717, 1.165) is 25.1 Å². The summed E-state index contributed by atoms with van der Waals surface area (Å²) in [5, 5.41) is 9.45. The normalized spacial score (nSPS) is 18.8. The molecule has 0 radical (unpaired) electrons. The van der Waals surface area contributed by atoms with Gasteiger partial charge in [-0.05, 0) is 39.7 Å². The lowest BCUT2D eigenvalue weighted by atomic mass is 10.0. The van der Waals surface area contributed by atoms with E-state index in [1.165, 1.54) is 4.90 Å². The first kappa shape index (κ1) is 15.4. The topological polar surface area (TPSA) is 82.7 Å². The van der Waals surface area contributed by atoms with Crippen molar-refractivity contribution in [3.63, 3.8) is 0 Å². The van der Waals surface area contributed by atoms with Crippen LogP contribution in [0.2, 0.25) is 0 Å². The number of nitrogens with two attached hydrogens (primary N) is 1. The van der Waals surface area contributed by atoms with Crippen LogP contribution in [0.1, 0.15) is 33.6 Å². The number of hydrogen-bond donors (Lipinski definition) is 2. The molecule has 1 aliphatic heterocycles. The van der Waals surface area contributed by atoms with E-state index in [9.17, 15) is 9.90 Å². The summed E-state index contributed by atoms with van der Waals surface area (Å²) in [4.78, 5) is 19.2. The minimum absolute atomic E-state index is 0.157. The van der Waals surface area contributed by atoms with Crippen molar-refractivity contribution in [3.05, 3.63) is 18.5 Å². The van der Waals surface area contributed by atoms with Gasteiger partial charge in [-0.25, -0.2) is 4.79 Å². The maximum atomic E-state index is 11.5. The van der Waals surface area contributed by atoms with E-state index in [1.807, 2.05) is 26.8 Å². The highest BCUT2D eigenvalue weighted by Crippen LogP contribution is 2.31. The van der Waals surface area contributed by atoms with Crippen molar-refractivity contribution in [2.24, 2.45) is 0 Å². The predicted molar refractivity (Wildman–Crippen MR) is 83.5 cm³/mol. The van der Waals surface area contributed by atoms with Gasteiger partial charge in [0.05, 0.1) is 17.6 Å². The number of aromatic nitrogens is 1. The Morgan fingerprint density at radius 1 is 1.57 bits per heavy atom. The Morgan fingerprint density at radius 3 is 2.86 bits per heavy atom. The largest absolute Gasteiger partial charge is 0.465 e. The van der Waals surface area contributed by atoms with Gasteiger partial charge in [0.15, 0.2) is 0 Å². The molecule has 1 aromatic heterocycles. The molecule has 1 unspecified atom stereocenters. The lowest BCUT2D eigenvalue weighted by Crippen LogP contribution is -2.51. The number of anilines is 2. The molecule has 1 amide bonds. The van der Waals surface area contributed by atoms with Crippen molar-refractivity contribution < 1.29 is 9.90 Å². The van der Waals surface area contributed by atoms with E-state index >= 15 is 0 Å². The number of nitrogen functional groups attached to an aromatic ring is 1. The lowest BCUT2D eigenvalue weighted by molar-refractivity contribution is 0.0963. The second kappa shape index (κ2) is 5.79. The number of carbonyl (C=O) groups is 1. The van der Waals surface area contributed by atoms with E-state index in [2.05, 4.69) is 9.88 Å². The Bertz CT molecular complexity index is 513. The van der Waals surface area contributed by atoms with Gasteiger partial charge >= 0.3 is 6.09 Å². The van der Waals surface area contributed by atoms with Crippen LogP contribution in [0.25, 0.3) is 0 Å². The van der Waals surface area contributed by atoms with Crippen LogP contribution >= 0.6 is 0 Å². The van der Waals surface area contributed by atoms with E-state index < -0.39 is 11.6 Å². The highest BCUT2D eigenvalue weighted by molar-refractivity contribution is 5.68. The molecular weight excluding hydrogens is 268 g/mol. The van der Waals surface area contributed by atoms with Crippen LogP contribution in [-0.4, -0.2) is 45.8 Å². The number of amides is 1. The molecule has 1 saturated heterocycles. The fraction of sp³-hybridized carbons (Fsp3) is 0.600. The van der Waals surface area contributed by atoms with Crippen molar-refractivity contribution in [2.45, 2.75) is 45.2 Å². The average molecular weight is 292 g/mol. The van der Waals surface area contributed by atoms with E-state index in [1.54, 1.807) is 12.4 Å². The Kier molecular flexibility index (Phi) is 4.25. The molecule has 6 nitrogen and oxygen atoms in total. The fourth-order valence-electron chi connectivity index (χ4n) is 2.85. The van der Waals surface area contributed by atoms with Crippen LogP contribution in [0, 0.1) is 0 Å². The zero-order valence-corrected chi connectivity index (χ0v) is 12.9. The van der Waals surface area contributed by atoms with Crippen molar-refractivity contribution in [1.29, 1.82) is 0 Å². The maximum absolute atomic E-state index is 11.5. The van der Waals surface area contributed by atoms with Gasteiger partial charge in [0.2, 0.25) is 0 Å². The van der Waals surface area contributed by atoms with Gasteiger partial charge in [0, 0.05) is 30.9 Å². The first-order chi connectivity index (χ1) is 9.80. The summed E-state index contributed by atoms with van der Waals surface area (Å²) in [5.41, 5.74) is 7.18. The van der Waals surface area contributed by atoms with Gasteiger partial charge < -0.3 is 20.6 Å². The van der Waals surface area contributed by atoms with Crippen molar-refractivity contribution in [2.75, 3.05) is 23.7 Å². The average Bonchev–Trinajstić information content (AvgIpc) is 2.82. The van der Waals surface area contributed by atoms with Crippen LogP contribution in [0.4, 0.5) is 16.2 Å². The van der Waals surface area contributed by atoms with Crippen molar-refractivity contribution >= 4 is 17.5 Å². The highest BCUT2D eigenvalue weighted by Gasteiger charge is 2.33. The van der Waals surface area contributed by atoms with E-state index in [4.69, 9.17) is 5.73 Å². The zero-order chi connectivity index (χ0) is 15.6. The van der Waals surface area contributed by atoms with Crippen molar-refractivity contribution in [1.82, 2.24) is 9.88 Å². The molecule has 1 aliphatic rings. The molecule has 1 aromatic rings. The first-order valence-corrected chi connectivity index (χ1v) is 7.27. The quantitative estimate of drug-likeness (QED) is 0.894. The summed E-state index contributed by atoms with van der Waals surface area (Å²) in [6.45, 7) is 7.14.